The van der Waals surface area contributed by atoms with Crippen molar-refractivity contribution >= 4 is 5.91 Å². The largest absolute Gasteiger partial charge is 0.359 e. The molecule has 3 rings (SSSR count). The van der Waals surface area contributed by atoms with Gasteiger partial charge in [-0.3, -0.25) is 4.79 Å². The minimum absolute atomic E-state index is 0.0597. The number of fused-ring (bicyclic) bond motifs is 3. The third-order valence-corrected chi connectivity index (χ3v) is 4.01. The van der Waals surface area contributed by atoms with E-state index in [0.717, 1.165) is 38.5 Å². The summed E-state index contributed by atoms with van der Waals surface area (Å²) in [6, 6.07) is 0. The molecule has 0 saturated heterocycles. The molecule has 0 aromatic heterocycles. The van der Waals surface area contributed by atoms with E-state index in [2.05, 4.69) is 5.32 Å². The molecule has 2 bridgehead atoms. The van der Waals surface area contributed by atoms with Crippen molar-refractivity contribution < 1.29 is 4.79 Å². The van der Waals surface area contributed by atoms with E-state index < -0.39 is 0 Å². The van der Waals surface area contributed by atoms with Gasteiger partial charge in [0.05, 0.1) is 0 Å². The second kappa shape index (κ2) is 2.71. The van der Waals surface area contributed by atoms with E-state index in [4.69, 9.17) is 5.73 Å². The van der Waals surface area contributed by atoms with Crippen LogP contribution in [0.5, 0.6) is 0 Å². The van der Waals surface area contributed by atoms with Gasteiger partial charge in [-0.25, -0.2) is 0 Å². The first-order valence-corrected chi connectivity index (χ1v) is 5.11. The third-order valence-electron chi connectivity index (χ3n) is 4.01. The van der Waals surface area contributed by atoms with Crippen molar-refractivity contribution in [1.29, 1.82) is 0 Å². The third kappa shape index (κ3) is 1.26. The van der Waals surface area contributed by atoms with Crippen LogP contribution >= 0.6 is 0 Å². The molecule has 3 saturated carbocycles. The summed E-state index contributed by atoms with van der Waals surface area (Å²) in [7, 11) is 1.73. The molecule has 74 valence electrons. The van der Waals surface area contributed by atoms with Crippen LogP contribution in [0.15, 0.2) is 0 Å². The van der Waals surface area contributed by atoms with E-state index >= 15 is 0 Å². The maximum atomic E-state index is 11.7. The van der Waals surface area contributed by atoms with Gasteiger partial charge in [0.2, 0.25) is 5.91 Å². The number of amides is 1. The lowest BCUT2D eigenvalue weighted by atomic mass is 9.57. The second-order valence-electron chi connectivity index (χ2n) is 4.72. The molecule has 3 N–H and O–H groups in total. The predicted octanol–water partition coefficient (Wildman–Crippen LogP) is 0.784. The molecular formula is C10H18N2O. The van der Waals surface area contributed by atoms with Crippen molar-refractivity contribution in [3.63, 3.8) is 0 Å². The van der Waals surface area contributed by atoms with Crippen molar-refractivity contribution in [1.82, 2.24) is 5.32 Å². The number of carbonyl (C=O) groups excluding carboxylic acids is 1. The summed E-state index contributed by atoms with van der Waals surface area (Å²) in [6.07, 6.45) is 6.05. The number of hydrogen-bond donors (Lipinski definition) is 2. The fourth-order valence-electron chi connectivity index (χ4n) is 2.82. The average molecular weight is 182 g/mol. The Bertz CT molecular complexity index is 213. The van der Waals surface area contributed by atoms with Gasteiger partial charge in [-0.15, -0.1) is 0 Å². The van der Waals surface area contributed by atoms with Crippen LogP contribution in [0.4, 0.5) is 0 Å². The summed E-state index contributed by atoms with van der Waals surface area (Å²) in [6.45, 7) is 0. The van der Waals surface area contributed by atoms with Gasteiger partial charge in [0.25, 0.3) is 0 Å². The molecule has 3 nitrogen and oxygen atoms in total. The molecule has 1 amide bonds. The van der Waals surface area contributed by atoms with Crippen LogP contribution in [0.3, 0.4) is 0 Å². The molecule has 3 aliphatic rings. The zero-order chi connectivity index (χ0) is 9.53. The fraction of sp³-hybridized carbons (Fsp3) is 0.900. The minimum atomic E-state index is -0.0597. The number of hydrogen-bond acceptors (Lipinski definition) is 2. The van der Waals surface area contributed by atoms with Gasteiger partial charge in [-0.1, -0.05) is 0 Å². The average Bonchev–Trinajstić information content (AvgIpc) is 2.18. The van der Waals surface area contributed by atoms with Crippen LogP contribution in [-0.2, 0) is 4.79 Å². The highest BCUT2D eigenvalue weighted by Gasteiger charge is 2.50. The van der Waals surface area contributed by atoms with Gasteiger partial charge < -0.3 is 11.1 Å². The second-order valence-corrected chi connectivity index (χ2v) is 4.72. The zero-order valence-corrected chi connectivity index (χ0v) is 8.23. The monoisotopic (exact) mass is 182 g/mol. The Hall–Kier alpha value is -0.570. The molecule has 0 heterocycles. The van der Waals surface area contributed by atoms with E-state index in [9.17, 15) is 4.79 Å². The molecule has 0 radical (unpaired) electrons. The Morgan fingerprint density at radius 3 is 2.00 bits per heavy atom. The first kappa shape index (κ1) is 9.00. The van der Waals surface area contributed by atoms with Gasteiger partial charge >= 0.3 is 0 Å². The van der Waals surface area contributed by atoms with Gasteiger partial charge in [0.15, 0.2) is 0 Å². The van der Waals surface area contributed by atoms with Crippen LogP contribution in [0.25, 0.3) is 0 Å². The SMILES string of the molecule is CNC(=O)C12CCC(N)(CC1)CC2. The van der Waals surface area contributed by atoms with Crippen LogP contribution in [0.1, 0.15) is 38.5 Å². The molecular weight excluding hydrogens is 164 g/mol. The molecule has 13 heavy (non-hydrogen) atoms. The Morgan fingerprint density at radius 2 is 1.62 bits per heavy atom. The maximum absolute atomic E-state index is 11.7. The molecule has 0 aromatic rings. The van der Waals surface area contributed by atoms with Gasteiger partial charge in [0.1, 0.15) is 0 Å². The molecule has 0 unspecified atom stereocenters. The van der Waals surface area contributed by atoms with Crippen LogP contribution < -0.4 is 11.1 Å². The number of nitrogens with one attached hydrogen (secondary N) is 1. The number of rotatable bonds is 1. The van der Waals surface area contributed by atoms with E-state index in [0.29, 0.717) is 0 Å². The van der Waals surface area contributed by atoms with E-state index in [1.54, 1.807) is 7.05 Å². The molecule has 3 heteroatoms. The molecule has 3 fully saturated rings. The lowest BCUT2D eigenvalue weighted by Gasteiger charge is -2.50. The summed E-state index contributed by atoms with van der Waals surface area (Å²) in [5, 5.41) is 2.78. The van der Waals surface area contributed by atoms with Crippen molar-refractivity contribution in [2.45, 2.75) is 44.1 Å². The highest BCUT2D eigenvalue weighted by Crippen LogP contribution is 2.51. The van der Waals surface area contributed by atoms with Gasteiger partial charge in [-0.05, 0) is 38.5 Å². The molecule has 0 aliphatic heterocycles. The molecule has 0 aromatic carbocycles. The quantitative estimate of drug-likeness (QED) is 0.629. The topological polar surface area (TPSA) is 55.1 Å². The summed E-state index contributed by atoms with van der Waals surface area (Å²) in [5.74, 6) is 0.231. The van der Waals surface area contributed by atoms with Crippen molar-refractivity contribution in [3.05, 3.63) is 0 Å². The predicted molar refractivity (Wildman–Crippen MR) is 51.1 cm³/mol. The van der Waals surface area contributed by atoms with E-state index in [1.165, 1.54) is 0 Å². The van der Waals surface area contributed by atoms with Crippen molar-refractivity contribution in [3.8, 4) is 0 Å². The summed E-state index contributed by atoms with van der Waals surface area (Å²) in [5.41, 5.74) is 6.17. The van der Waals surface area contributed by atoms with Crippen LogP contribution in [0.2, 0.25) is 0 Å². The smallest absolute Gasteiger partial charge is 0.225 e. The van der Waals surface area contributed by atoms with Crippen molar-refractivity contribution in [2.75, 3.05) is 7.05 Å². The van der Waals surface area contributed by atoms with Crippen molar-refractivity contribution in [2.24, 2.45) is 11.1 Å². The Balaban J connectivity index is 2.15. The van der Waals surface area contributed by atoms with Gasteiger partial charge in [0, 0.05) is 18.0 Å². The lowest BCUT2D eigenvalue weighted by Crippen LogP contribution is -2.56. The Kier molecular flexibility index (Phi) is 1.88. The summed E-state index contributed by atoms with van der Waals surface area (Å²) >= 11 is 0. The Labute approximate surface area is 79.1 Å². The highest BCUT2D eigenvalue weighted by molar-refractivity contribution is 5.82. The first-order valence-electron chi connectivity index (χ1n) is 5.11. The molecule has 0 atom stereocenters. The Morgan fingerprint density at radius 1 is 1.15 bits per heavy atom. The highest BCUT2D eigenvalue weighted by atomic mass is 16.2. The first-order chi connectivity index (χ1) is 6.10. The normalized spacial score (nSPS) is 43.2. The maximum Gasteiger partial charge on any atom is 0.225 e. The number of carbonyl (C=O) groups is 1. The van der Waals surface area contributed by atoms with Crippen LogP contribution in [0, 0.1) is 5.41 Å². The van der Waals surface area contributed by atoms with E-state index in [-0.39, 0.29) is 16.9 Å². The van der Waals surface area contributed by atoms with E-state index in [1.807, 2.05) is 0 Å². The number of nitrogens with two attached hydrogens (primary N) is 1. The van der Waals surface area contributed by atoms with Gasteiger partial charge in [-0.2, -0.15) is 0 Å². The standard InChI is InChI=1S/C10H18N2O/c1-12-8(13)9-2-5-10(11,6-3-9)7-4-9/h2-7,11H2,1H3,(H,12,13). The summed E-state index contributed by atoms with van der Waals surface area (Å²) < 4.78 is 0. The molecule has 0 spiro atoms. The zero-order valence-electron chi connectivity index (χ0n) is 8.23. The summed E-state index contributed by atoms with van der Waals surface area (Å²) in [4.78, 5) is 11.7. The van der Waals surface area contributed by atoms with Crippen LogP contribution in [-0.4, -0.2) is 18.5 Å². The lowest BCUT2D eigenvalue weighted by molar-refractivity contribution is -0.137. The fourth-order valence-corrected chi connectivity index (χ4v) is 2.82. The molecule has 3 aliphatic carbocycles. The minimum Gasteiger partial charge on any atom is -0.359 e.